The second-order valence-corrected chi connectivity index (χ2v) is 6.92. The van der Waals surface area contributed by atoms with E-state index in [1.807, 2.05) is 0 Å². The molecule has 18 heavy (non-hydrogen) atoms. The predicted molar refractivity (Wildman–Crippen MR) is 80.6 cm³/mol. The molecular weight excluding hydrogens is 262 g/mol. The van der Waals surface area contributed by atoms with Crippen LogP contribution in [0.15, 0.2) is 4.90 Å². The highest BCUT2D eigenvalue weighted by atomic mass is 32.2. The Bertz CT molecular complexity index is 416. The Balaban J connectivity index is 1.89. The van der Waals surface area contributed by atoms with E-state index in [-0.39, 0.29) is 0 Å². The number of aromatic nitrogens is 1. The van der Waals surface area contributed by atoms with Crippen LogP contribution < -0.4 is 10.6 Å². The van der Waals surface area contributed by atoms with Crippen molar-refractivity contribution in [3.63, 3.8) is 0 Å². The lowest BCUT2D eigenvalue weighted by atomic mass is 9.78. The van der Waals surface area contributed by atoms with Gasteiger partial charge in [0, 0.05) is 12.6 Å². The fraction of sp³-hybridized carbons (Fsp3) is 0.769. The SMILES string of the molecule is CSc1c(N)nsc1N1CCCC2CCCCC21. The second kappa shape index (κ2) is 5.29. The third-order valence-electron chi connectivity index (χ3n) is 4.37. The molecule has 2 heterocycles. The number of nitrogens with zero attached hydrogens (tertiary/aromatic N) is 2. The monoisotopic (exact) mass is 283 g/mol. The van der Waals surface area contributed by atoms with Gasteiger partial charge in [-0.3, -0.25) is 0 Å². The molecule has 0 radical (unpaired) electrons. The van der Waals surface area contributed by atoms with Crippen LogP contribution >= 0.6 is 23.3 Å². The van der Waals surface area contributed by atoms with E-state index >= 15 is 0 Å². The van der Waals surface area contributed by atoms with Crippen molar-refractivity contribution >= 4 is 34.1 Å². The highest BCUT2D eigenvalue weighted by molar-refractivity contribution is 7.99. The Morgan fingerprint density at radius 2 is 2.06 bits per heavy atom. The number of thioether (sulfide) groups is 1. The van der Waals surface area contributed by atoms with Crippen LogP contribution in [0.5, 0.6) is 0 Å². The summed E-state index contributed by atoms with van der Waals surface area (Å²) in [5.74, 6) is 1.63. The third kappa shape index (κ3) is 2.11. The molecule has 3 rings (SSSR count). The summed E-state index contributed by atoms with van der Waals surface area (Å²) in [5.41, 5.74) is 5.98. The van der Waals surface area contributed by atoms with Crippen molar-refractivity contribution in [3.8, 4) is 0 Å². The van der Waals surface area contributed by atoms with Gasteiger partial charge in [-0.2, -0.15) is 4.37 Å². The van der Waals surface area contributed by atoms with Gasteiger partial charge in [0.25, 0.3) is 0 Å². The van der Waals surface area contributed by atoms with Gasteiger partial charge in [-0.05, 0) is 49.4 Å². The van der Waals surface area contributed by atoms with E-state index in [9.17, 15) is 0 Å². The molecule has 1 aromatic rings. The molecule has 0 amide bonds. The van der Waals surface area contributed by atoms with Crippen molar-refractivity contribution in [2.24, 2.45) is 5.92 Å². The molecule has 1 aliphatic heterocycles. The van der Waals surface area contributed by atoms with Gasteiger partial charge in [0.2, 0.25) is 0 Å². The molecule has 1 aliphatic carbocycles. The first-order valence-corrected chi connectivity index (χ1v) is 8.87. The fourth-order valence-electron chi connectivity index (χ4n) is 3.54. The Morgan fingerprint density at radius 1 is 1.28 bits per heavy atom. The predicted octanol–water partition coefficient (Wildman–Crippen LogP) is 3.61. The summed E-state index contributed by atoms with van der Waals surface area (Å²) >= 11 is 3.34. The zero-order chi connectivity index (χ0) is 12.5. The standard InChI is InChI=1S/C13H21N3S2/c1-17-11-12(14)15-18-13(11)16-8-4-6-9-5-2-3-7-10(9)16/h9-10H,2-8H2,1H3,(H2,14,15). The molecule has 1 saturated carbocycles. The maximum atomic E-state index is 5.98. The molecule has 0 spiro atoms. The lowest BCUT2D eigenvalue weighted by Gasteiger charge is -2.44. The van der Waals surface area contributed by atoms with Crippen LogP contribution in [-0.2, 0) is 0 Å². The Kier molecular flexibility index (Phi) is 3.71. The number of anilines is 2. The summed E-state index contributed by atoms with van der Waals surface area (Å²) in [4.78, 5) is 3.82. The molecule has 2 unspecified atom stereocenters. The minimum absolute atomic E-state index is 0.723. The van der Waals surface area contributed by atoms with Gasteiger partial charge in [-0.15, -0.1) is 11.8 Å². The summed E-state index contributed by atoms with van der Waals surface area (Å²) < 4.78 is 4.36. The minimum atomic E-state index is 0.723. The molecule has 1 aromatic heterocycles. The van der Waals surface area contributed by atoms with E-state index < -0.39 is 0 Å². The van der Waals surface area contributed by atoms with Crippen molar-refractivity contribution in [1.29, 1.82) is 0 Å². The Hall–Kier alpha value is -0.420. The Morgan fingerprint density at radius 3 is 2.89 bits per heavy atom. The molecular formula is C13H21N3S2. The quantitative estimate of drug-likeness (QED) is 0.842. The van der Waals surface area contributed by atoms with Crippen molar-refractivity contribution in [1.82, 2.24) is 4.37 Å². The number of rotatable bonds is 2. The van der Waals surface area contributed by atoms with E-state index in [0.29, 0.717) is 0 Å². The number of fused-ring (bicyclic) bond motifs is 1. The zero-order valence-corrected chi connectivity index (χ0v) is 12.5. The van der Waals surface area contributed by atoms with Crippen LogP contribution in [0.3, 0.4) is 0 Å². The van der Waals surface area contributed by atoms with Gasteiger partial charge >= 0.3 is 0 Å². The first-order chi connectivity index (χ1) is 8.81. The highest BCUT2D eigenvalue weighted by Gasteiger charge is 2.35. The summed E-state index contributed by atoms with van der Waals surface area (Å²) in [6.45, 7) is 1.19. The van der Waals surface area contributed by atoms with Crippen molar-refractivity contribution in [2.75, 3.05) is 23.4 Å². The average Bonchev–Trinajstić information content (AvgIpc) is 2.79. The number of piperidine rings is 1. The molecule has 2 aliphatic rings. The van der Waals surface area contributed by atoms with Crippen LogP contribution in [0.4, 0.5) is 10.8 Å². The van der Waals surface area contributed by atoms with Gasteiger partial charge < -0.3 is 10.6 Å². The fourth-order valence-corrected chi connectivity index (χ4v) is 5.30. The zero-order valence-electron chi connectivity index (χ0n) is 10.9. The van der Waals surface area contributed by atoms with Crippen LogP contribution in [-0.4, -0.2) is 23.2 Å². The molecule has 0 aromatic carbocycles. The van der Waals surface area contributed by atoms with Crippen LogP contribution in [0.2, 0.25) is 0 Å². The molecule has 3 nitrogen and oxygen atoms in total. The molecule has 1 saturated heterocycles. The largest absolute Gasteiger partial charge is 0.382 e. The summed E-state index contributed by atoms with van der Waals surface area (Å²) in [5, 5.41) is 1.33. The maximum absolute atomic E-state index is 5.98. The number of nitrogen functional groups attached to an aromatic ring is 1. The normalized spacial score (nSPS) is 28.2. The summed E-state index contributed by atoms with van der Waals surface area (Å²) in [7, 11) is 0. The van der Waals surface area contributed by atoms with E-state index in [2.05, 4.69) is 15.5 Å². The molecule has 2 fully saturated rings. The number of nitrogens with two attached hydrogens (primary N) is 1. The lowest BCUT2D eigenvalue weighted by molar-refractivity contribution is 0.244. The minimum Gasteiger partial charge on any atom is -0.382 e. The lowest BCUT2D eigenvalue weighted by Crippen LogP contribution is -2.46. The molecule has 5 heteroatoms. The van der Waals surface area contributed by atoms with Gasteiger partial charge in [0.15, 0.2) is 5.82 Å². The van der Waals surface area contributed by atoms with Crippen molar-refractivity contribution in [3.05, 3.63) is 0 Å². The average molecular weight is 283 g/mol. The van der Waals surface area contributed by atoms with Gasteiger partial charge in [-0.25, -0.2) is 0 Å². The topological polar surface area (TPSA) is 42.1 Å². The van der Waals surface area contributed by atoms with E-state index in [1.165, 1.54) is 55.0 Å². The van der Waals surface area contributed by atoms with Crippen molar-refractivity contribution in [2.45, 2.75) is 49.5 Å². The van der Waals surface area contributed by atoms with Gasteiger partial charge in [-0.1, -0.05) is 12.8 Å². The van der Waals surface area contributed by atoms with E-state index in [4.69, 9.17) is 5.73 Å². The first kappa shape index (κ1) is 12.6. The number of hydrogen-bond acceptors (Lipinski definition) is 5. The Labute approximate surface area is 117 Å². The van der Waals surface area contributed by atoms with E-state index in [1.54, 1.807) is 23.3 Å². The van der Waals surface area contributed by atoms with Gasteiger partial charge in [0.05, 0.1) is 4.90 Å². The molecule has 0 bridgehead atoms. The summed E-state index contributed by atoms with van der Waals surface area (Å²) in [6.07, 6.45) is 10.4. The smallest absolute Gasteiger partial charge is 0.153 e. The molecule has 2 atom stereocenters. The third-order valence-corrected chi connectivity index (χ3v) is 6.21. The molecule has 2 N–H and O–H groups in total. The van der Waals surface area contributed by atoms with Gasteiger partial charge in [0.1, 0.15) is 5.00 Å². The first-order valence-electron chi connectivity index (χ1n) is 6.87. The van der Waals surface area contributed by atoms with Crippen LogP contribution in [0.1, 0.15) is 38.5 Å². The van der Waals surface area contributed by atoms with Crippen molar-refractivity contribution < 1.29 is 0 Å². The van der Waals surface area contributed by atoms with Crippen LogP contribution in [0, 0.1) is 5.92 Å². The van der Waals surface area contributed by atoms with Crippen LogP contribution in [0.25, 0.3) is 0 Å². The van der Waals surface area contributed by atoms with E-state index in [0.717, 1.165) is 17.8 Å². The summed E-state index contributed by atoms with van der Waals surface area (Å²) in [6, 6.07) is 0.748. The highest BCUT2D eigenvalue weighted by Crippen LogP contribution is 2.44. The second-order valence-electron chi connectivity index (χ2n) is 5.35. The number of hydrogen-bond donors (Lipinski definition) is 1. The molecule has 100 valence electrons. The maximum Gasteiger partial charge on any atom is 0.153 e.